The molecule has 0 fully saturated rings. The van der Waals surface area contributed by atoms with E-state index in [1.54, 1.807) is 10.9 Å². The predicted molar refractivity (Wildman–Crippen MR) is 85.9 cm³/mol. The number of aryl methyl sites for hydroxylation is 2. The number of nitrogens with one attached hydrogen (secondary N) is 1. The van der Waals surface area contributed by atoms with Gasteiger partial charge in [0.1, 0.15) is 5.52 Å². The second-order valence-corrected chi connectivity index (χ2v) is 5.69. The second-order valence-electron chi connectivity index (χ2n) is 5.69. The van der Waals surface area contributed by atoms with Crippen LogP contribution in [0, 0.1) is 19.3 Å². The highest BCUT2D eigenvalue weighted by Gasteiger charge is 2.38. The number of amides is 1. The van der Waals surface area contributed by atoms with Crippen molar-refractivity contribution in [2.75, 3.05) is 6.54 Å². The summed E-state index contributed by atoms with van der Waals surface area (Å²) in [5.74, 6) is 2.44. The van der Waals surface area contributed by atoms with Crippen LogP contribution in [-0.4, -0.2) is 32.9 Å². The number of hydrogen-bond acceptors (Lipinski definition) is 5. The summed E-state index contributed by atoms with van der Waals surface area (Å²) in [6.45, 7) is 2.32. The second kappa shape index (κ2) is 5.80. The van der Waals surface area contributed by atoms with Crippen LogP contribution in [0.15, 0.2) is 22.5 Å². The van der Waals surface area contributed by atoms with Gasteiger partial charge < -0.3 is 5.32 Å². The Morgan fingerprint density at radius 2 is 2.22 bits per heavy atom. The molecule has 7 heteroatoms. The summed E-state index contributed by atoms with van der Waals surface area (Å²) in [5, 5.41) is 15.2. The molecule has 1 aliphatic heterocycles. The van der Waals surface area contributed by atoms with Crippen LogP contribution in [-0.2, 0) is 7.05 Å². The number of hydrogen-bond donors (Lipinski definition) is 1. The van der Waals surface area contributed by atoms with Crippen molar-refractivity contribution in [1.82, 2.24) is 20.1 Å². The molecule has 1 aliphatic rings. The zero-order valence-corrected chi connectivity index (χ0v) is 13.2. The number of fused-ring (bicyclic) bond motifs is 1. The van der Waals surface area contributed by atoms with Crippen LogP contribution in [0.3, 0.4) is 0 Å². The summed E-state index contributed by atoms with van der Waals surface area (Å²) in [7, 11) is 1.83. The molecule has 0 unspecified atom stereocenters. The van der Waals surface area contributed by atoms with Gasteiger partial charge in [0.25, 0.3) is 5.91 Å². The average Bonchev–Trinajstić information content (AvgIpc) is 3.22. The lowest BCUT2D eigenvalue weighted by atomic mass is 10.0. The summed E-state index contributed by atoms with van der Waals surface area (Å²) < 4.78 is 1.70. The van der Waals surface area contributed by atoms with E-state index < -0.39 is 0 Å². The molecule has 0 saturated heterocycles. The van der Waals surface area contributed by atoms with Crippen LogP contribution >= 0.6 is 0 Å². The van der Waals surface area contributed by atoms with Gasteiger partial charge in [0.05, 0.1) is 23.0 Å². The summed E-state index contributed by atoms with van der Waals surface area (Å²) in [5.41, 5.74) is 2.48. The highest BCUT2D eigenvalue weighted by molar-refractivity contribution is 5.98. The van der Waals surface area contributed by atoms with Crippen LogP contribution < -0.4 is 5.32 Å². The molecule has 0 aromatic carbocycles. The van der Waals surface area contributed by atoms with Gasteiger partial charge in [0.2, 0.25) is 0 Å². The monoisotopic (exact) mass is 310 g/mol. The van der Waals surface area contributed by atoms with E-state index >= 15 is 0 Å². The quantitative estimate of drug-likeness (QED) is 0.828. The molecule has 0 atom stereocenters. The van der Waals surface area contributed by atoms with Crippen molar-refractivity contribution in [3.8, 4) is 12.3 Å². The van der Waals surface area contributed by atoms with Crippen LogP contribution in [0.25, 0.3) is 11.0 Å². The minimum Gasteiger partial charge on any atom is -0.352 e. The van der Waals surface area contributed by atoms with Gasteiger partial charge >= 0.3 is 0 Å². The fourth-order valence-electron chi connectivity index (χ4n) is 2.54. The average molecular weight is 310 g/mol. The Kier molecular flexibility index (Phi) is 3.82. The highest BCUT2D eigenvalue weighted by Crippen LogP contribution is 2.36. The third-order valence-electron chi connectivity index (χ3n) is 4.03. The van der Waals surface area contributed by atoms with E-state index in [9.17, 15) is 4.79 Å². The van der Waals surface area contributed by atoms with Gasteiger partial charge in [-0.25, -0.2) is 4.98 Å². The van der Waals surface area contributed by atoms with Gasteiger partial charge in [-0.15, -0.1) is 12.3 Å². The maximum absolute atomic E-state index is 12.4. The fraction of sp³-hybridized carbons (Fsp3) is 0.438. The van der Waals surface area contributed by atoms with E-state index in [2.05, 4.69) is 31.5 Å². The molecule has 7 nitrogen and oxygen atoms in total. The number of carbonyl (C=O) groups excluding carboxylic acids is 1. The first-order chi connectivity index (χ1) is 11.0. The maximum atomic E-state index is 12.4. The number of nitrogens with zero attached hydrogens (tertiary/aromatic N) is 5. The van der Waals surface area contributed by atoms with Crippen molar-refractivity contribution < 1.29 is 4.79 Å². The van der Waals surface area contributed by atoms with Crippen LogP contribution in [0.5, 0.6) is 0 Å². The van der Waals surface area contributed by atoms with E-state index in [1.807, 2.05) is 20.0 Å². The SMILES string of the molecule is C#CCCC1(CCNC(=O)c2cc3c(cnn3C)nc2C)N=N1. The van der Waals surface area contributed by atoms with E-state index in [4.69, 9.17) is 6.42 Å². The zero-order valence-electron chi connectivity index (χ0n) is 13.2. The molecule has 1 amide bonds. The molecule has 2 aromatic heterocycles. The Balaban J connectivity index is 1.63. The summed E-state index contributed by atoms with van der Waals surface area (Å²) in [6.07, 6.45) is 9.00. The van der Waals surface area contributed by atoms with E-state index in [1.165, 1.54) is 0 Å². The minimum atomic E-state index is -0.376. The molecule has 1 N–H and O–H groups in total. The molecule has 0 spiro atoms. The third kappa shape index (κ3) is 3.06. The first kappa shape index (κ1) is 15.2. The van der Waals surface area contributed by atoms with Gasteiger partial charge in [-0.05, 0) is 13.0 Å². The Hall–Kier alpha value is -2.75. The van der Waals surface area contributed by atoms with Gasteiger partial charge in [-0.3, -0.25) is 9.48 Å². The number of pyridine rings is 1. The molecule has 118 valence electrons. The zero-order chi connectivity index (χ0) is 16.4. The Bertz CT molecular complexity index is 823. The molecule has 2 aromatic rings. The molecular formula is C16H18N6O. The number of aromatic nitrogens is 3. The lowest BCUT2D eigenvalue weighted by molar-refractivity contribution is 0.0951. The van der Waals surface area contributed by atoms with Crippen molar-refractivity contribution >= 4 is 16.9 Å². The van der Waals surface area contributed by atoms with Crippen molar-refractivity contribution in [2.24, 2.45) is 17.3 Å². The van der Waals surface area contributed by atoms with Gasteiger partial charge in [-0.1, -0.05) is 0 Å². The first-order valence-corrected chi connectivity index (χ1v) is 7.50. The molecule has 0 saturated carbocycles. The predicted octanol–water partition coefficient (Wildman–Crippen LogP) is 1.97. The highest BCUT2D eigenvalue weighted by atomic mass is 16.1. The molecule has 23 heavy (non-hydrogen) atoms. The van der Waals surface area contributed by atoms with Crippen molar-refractivity contribution in [2.45, 2.75) is 31.8 Å². The Labute approximate surface area is 134 Å². The van der Waals surface area contributed by atoms with Gasteiger partial charge in [0, 0.05) is 32.9 Å². The third-order valence-corrected chi connectivity index (χ3v) is 4.03. The minimum absolute atomic E-state index is 0.147. The Morgan fingerprint density at radius 1 is 1.43 bits per heavy atom. The number of terminal acetylenes is 1. The van der Waals surface area contributed by atoms with Crippen molar-refractivity contribution in [3.63, 3.8) is 0 Å². The van der Waals surface area contributed by atoms with Gasteiger partial charge in [0.15, 0.2) is 5.66 Å². The lowest BCUT2D eigenvalue weighted by Crippen LogP contribution is -2.29. The first-order valence-electron chi connectivity index (χ1n) is 7.50. The van der Waals surface area contributed by atoms with Crippen LogP contribution in [0.1, 0.15) is 35.3 Å². The van der Waals surface area contributed by atoms with E-state index in [0.29, 0.717) is 30.6 Å². The summed E-state index contributed by atoms with van der Waals surface area (Å²) >= 11 is 0. The van der Waals surface area contributed by atoms with Crippen molar-refractivity contribution in [3.05, 3.63) is 23.5 Å². The molecule has 0 aliphatic carbocycles. The van der Waals surface area contributed by atoms with E-state index in [-0.39, 0.29) is 11.6 Å². The van der Waals surface area contributed by atoms with Crippen LogP contribution in [0.2, 0.25) is 0 Å². The van der Waals surface area contributed by atoms with Gasteiger partial charge in [-0.2, -0.15) is 15.3 Å². The molecular weight excluding hydrogens is 292 g/mol. The molecule has 0 bridgehead atoms. The molecule has 3 heterocycles. The summed E-state index contributed by atoms with van der Waals surface area (Å²) in [6, 6.07) is 1.82. The number of carbonyl (C=O) groups is 1. The van der Waals surface area contributed by atoms with Crippen molar-refractivity contribution in [1.29, 1.82) is 0 Å². The molecule has 0 radical (unpaired) electrons. The molecule has 3 rings (SSSR count). The normalized spacial score (nSPS) is 14.7. The topological polar surface area (TPSA) is 84.5 Å². The lowest BCUT2D eigenvalue weighted by Gasteiger charge is -2.11. The standard InChI is InChI=1S/C16H18N6O/c1-4-5-6-16(20-21-16)7-8-17-15(23)12-9-14-13(19-11(12)2)10-18-22(14)3/h1,9-10H,5-8H2,2-3H3,(H,17,23). The fourth-order valence-corrected chi connectivity index (χ4v) is 2.54. The summed E-state index contributed by atoms with van der Waals surface area (Å²) in [4.78, 5) is 16.8. The van der Waals surface area contributed by atoms with Crippen LogP contribution in [0.4, 0.5) is 0 Å². The smallest absolute Gasteiger partial charge is 0.253 e. The Morgan fingerprint density at radius 3 is 2.91 bits per heavy atom. The maximum Gasteiger partial charge on any atom is 0.253 e. The van der Waals surface area contributed by atoms with E-state index in [0.717, 1.165) is 17.5 Å². The number of rotatable bonds is 6. The largest absolute Gasteiger partial charge is 0.352 e.